The van der Waals surface area contributed by atoms with E-state index in [2.05, 4.69) is 10.3 Å². The molecule has 0 aromatic carbocycles. The molecule has 0 spiro atoms. The molecule has 3 N–H and O–H groups in total. The average molecular weight is 294 g/mol. The van der Waals surface area contributed by atoms with Gasteiger partial charge in [0.2, 0.25) is 0 Å². The first-order valence-electron chi connectivity index (χ1n) is 7.03. The Kier molecular flexibility index (Phi) is 5.96. The van der Waals surface area contributed by atoms with Crippen molar-refractivity contribution in [1.82, 2.24) is 10.3 Å². The Bertz CT molecular complexity index is 452. The fraction of sp³-hybridized carbons (Fsp3) is 0.600. The van der Waals surface area contributed by atoms with Crippen LogP contribution in [-0.2, 0) is 11.2 Å². The molecule has 0 saturated carbocycles. The van der Waals surface area contributed by atoms with Crippen LogP contribution in [0.3, 0.4) is 0 Å². The van der Waals surface area contributed by atoms with E-state index in [4.69, 9.17) is 10.5 Å². The quantitative estimate of drug-likeness (QED) is 0.861. The number of hydrogen-bond donors (Lipinski definition) is 2. The summed E-state index contributed by atoms with van der Waals surface area (Å²) in [6, 6.07) is 3.75. The van der Waals surface area contributed by atoms with Gasteiger partial charge in [0.25, 0.3) is 0 Å². The summed E-state index contributed by atoms with van der Waals surface area (Å²) in [5.41, 5.74) is 6.22. The van der Waals surface area contributed by atoms with Crippen LogP contribution in [0.4, 0.5) is 10.6 Å². The molecule has 1 atom stereocenters. The highest BCUT2D eigenvalue weighted by molar-refractivity contribution is 5.68. The maximum atomic E-state index is 11.8. The van der Waals surface area contributed by atoms with Crippen LogP contribution in [0, 0.1) is 0 Å². The monoisotopic (exact) mass is 294 g/mol. The highest BCUT2D eigenvalue weighted by atomic mass is 16.6. The second-order valence-corrected chi connectivity index (χ2v) is 6.20. The molecule has 0 fully saturated rings. The topological polar surface area (TPSA) is 80.5 Å². The van der Waals surface area contributed by atoms with Gasteiger partial charge in [0.1, 0.15) is 11.4 Å². The summed E-state index contributed by atoms with van der Waals surface area (Å²) in [6.45, 7) is 5.82. The normalized spacial score (nSPS) is 12.7. The van der Waals surface area contributed by atoms with E-state index < -0.39 is 11.7 Å². The third-order valence-corrected chi connectivity index (χ3v) is 2.75. The number of aromatic nitrogens is 1. The first-order chi connectivity index (χ1) is 9.71. The first-order valence-corrected chi connectivity index (χ1v) is 7.03. The maximum absolute atomic E-state index is 11.8. The minimum Gasteiger partial charge on any atom is -0.444 e. The summed E-state index contributed by atoms with van der Waals surface area (Å²) in [6.07, 6.45) is 1.97. The SMILES string of the molecule is CN(C)c1ccc(CC(CN)NC(=O)OC(C)(C)C)cn1. The molecule has 6 nitrogen and oxygen atoms in total. The number of alkyl carbamates (subject to hydrolysis) is 1. The van der Waals surface area contributed by atoms with Gasteiger partial charge in [-0.25, -0.2) is 9.78 Å². The fourth-order valence-electron chi connectivity index (χ4n) is 1.75. The van der Waals surface area contributed by atoms with Gasteiger partial charge in [-0.15, -0.1) is 0 Å². The number of nitrogens with one attached hydrogen (secondary N) is 1. The Morgan fingerprint density at radius 1 is 1.43 bits per heavy atom. The van der Waals surface area contributed by atoms with Gasteiger partial charge < -0.3 is 20.7 Å². The number of carbonyl (C=O) groups is 1. The van der Waals surface area contributed by atoms with Gasteiger partial charge in [0, 0.05) is 32.9 Å². The molecule has 0 aliphatic carbocycles. The van der Waals surface area contributed by atoms with Gasteiger partial charge in [0.15, 0.2) is 0 Å². The maximum Gasteiger partial charge on any atom is 0.407 e. The third kappa shape index (κ3) is 6.44. The van der Waals surface area contributed by atoms with Crippen LogP contribution in [0.25, 0.3) is 0 Å². The van der Waals surface area contributed by atoms with Crippen molar-refractivity contribution in [2.75, 3.05) is 25.5 Å². The number of amides is 1. The van der Waals surface area contributed by atoms with E-state index in [1.165, 1.54) is 0 Å². The molecule has 1 amide bonds. The molecule has 0 aliphatic heterocycles. The summed E-state index contributed by atoms with van der Waals surface area (Å²) in [7, 11) is 3.88. The van der Waals surface area contributed by atoms with Crippen molar-refractivity contribution in [2.45, 2.75) is 38.8 Å². The molecule has 0 saturated heterocycles. The Morgan fingerprint density at radius 3 is 2.52 bits per heavy atom. The zero-order chi connectivity index (χ0) is 16.0. The van der Waals surface area contributed by atoms with Crippen LogP contribution < -0.4 is 16.0 Å². The van der Waals surface area contributed by atoms with Crippen LogP contribution in [0.5, 0.6) is 0 Å². The zero-order valence-corrected chi connectivity index (χ0v) is 13.5. The highest BCUT2D eigenvalue weighted by Gasteiger charge is 2.19. The van der Waals surface area contributed by atoms with E-state index in [0.717, 1.165) is 11.4 Å². The number of rotatable bonds is 5. The van der Waals surface area contributed by atoms with Crippen molar-refractivity contribution >= 4 is 11.9 Å². The average Bonchev–Trinajstić information content (AvgIpc) is 2.36. The van der Waals surface area contributed by atoms with E-state index in [-0.39, 0.29) is 6.04 Å². The van der Waals surface area contributed by atoms with Gasteiger partial charge in [0.05, 0.1) is 0 Å². The predicted octanol–water partition coefficient (Wildman–Crippen LogP) is 1.54. The molecule has 118 valence electrons. The van der Waals surface area contributed by atoms with Gasteiger partial charge in [-0.3, -0.25) is 0 Å². The minimum atomic E-state index is -0.516. The molecular weight excluding hydrogens is 268 g/mol. The van der Waals surface area contributed by atoms with Crippen LogP contribution in [-0.4, -0.2) is 43.4 Å². The van der Waals surface area contributed by atoms with Crippen molar-refractivity contribution in [3.05, 3.63) is 23.9 Å². The second kappa shape index (κ2) is 7.26. The van der Waals surface area contributed by atoms with Crippen molar-refractivity contribution in [2.24, 2.45) is 5.73 Å². The lowest BCUT2D eigenvalue weighted by molar-refractivity contribution is 0.0506. The van der Waals surface area contributed by atoms with E-state index in [0.29, 0.717) is 13.0 Å². The Morgan fingerprint density at radius 2 is 2.10 bits per heavy atom. The number of pyridine rings is 1. The fourth-order valence-corrected chi connectivity index (χ4v) is 1.75. The second-order valence-electron chi connectivity index (χ2n) is 6.20. The molecule has 0 aliphatic rings. The molecular formula is C15H26N4O2. The number of anilines is 1. The Labute approximate surface area is 126 Å². The standard InChI is InChI=1S/C15H26N4O2/c1-15(2,3)21-14(20)18-12(9-16)8-11-6-7-13(17-10-11)19(4)5/h6-7,10,12H,8-9,16H2,1-5H3,(H,18,20). The molecule has 6 heteroatoms. The van der Waals surface area contributed by atoms with E-state index >= 15 is 0 Å². The van der Waals surface area contributed by atoms with Gasteiger partial charge in [-0.2, -0.15) is 0 Å². The van der Waals surface area contributed by atoms with E-state index in [1.807, 2.05) is 51.9 Å². The minimum absolute atomic E-state index is 0.174. The van der Waals surface area contributed by atoms with Gasteiger partial charge in [-0.1, -0.05) is 6.07 Å². The lowest BCUT2D eigenvalue weighted by Crippen LogP contribution is -2.44. The summed E-state index contributed by atoms with van der Waals surface area (Å²) in [5, 5.41) is 2.78. The predicted molar refractivity (Wildman–Crippen MR) is 84.5 cm³/mol. The molecule has 0 bridgehead atoms. The number of nitrogens with zero attached hydrogens (tertiary/aromatic N) is 2. The number of hydrogen-bond acceptors (Lipinski definition) is 5. The highest BCUT2D eigenvalue weighted by Crippen LogP contribution is 2.10. The van der Waals surface area contributed by atoms with Gasteiger partial charge in [-0.05, 0) is 38.8 Å². The third-order valence-electron chi connectivity index (χ3n) is 2.75. The molecule has 0 radical (unpaired) electrons. The summed E-state index contributed by atoms with van der Waals surface area (Å²) >= 11 is 0. The molecule has 1 unspecified atom stereocenters. The number of nitrogens with two attached hydrogens (primary N) is 1. The van der Waals surface area contributed by atoms with E-state index in [9.17, 15) is 4.79 Å². The van der Waals surface area contributed by atoms with Crippen LogP contribution in [0.2, 0.25) is 0 Å². The van der Waals surface area contributed by atoms with Crippen LogP contribution in [0.15, 0.2) is 18.3 Å². The lowest BCUT2D eigenvalue weighted by atomic mass is 10.1. The van der Waals surface area contributed by atoms with Crippen molar-refractivity contribution in [1.29, 1.82) is 0 Å². The van der Waals surface area contributed by atoms with E-state index in [1.54, 1.807) is 6.20 Å². The van der Waals surface area contributed by atoms with Crippen LogP contribution in [0.1, 0.15) is 26.3 Å². The Hall–Kier alpha value is -1.82. The van der Waals surface area contributed by atoms with Crippen molar-refractivity contribution < 1.29 is 9.53 Å². The van der Waals surface area contributed by atoms with Crippen LogP contribution >= 0.6 is 0 Å². The summed E-state index contributed by atoms with van der Waals surface area (Å²) < 4.78 is 5.23. The summed E-state index contributed by atoms with van der Waals surface area (Å²) in [5.74, 6) is 0.892. The number of carbonyl (C=O) groups excluding carboxylic acids is 1. The molecule has 1 aromatic rings. The van der Waals surface area contributed by atoms with Gasteiger partial charge >= 0.3 is 6.09 Å². The van der Waals surface area contributed by atoms with Crippen molar-refractivity contribution in [3.63, 3.8) is 0 Å². The first kappa shape index (κ1) is 17.2. The molecule has 1 rings (SSSR count). The Balaban J connectivity index is 2.59. The zero-order valence-electron chi connectivity index (χ0n) is 13.5. The molecule has 1 aromatic heterocycles. The number of ether oxygens (including phenoxy) is 1. The summed E-state index contributed by atoms with van der Waals surface area (Å²) in [4.78, 5) is 18.0. The lowest BCUT2D eigenvalue weighted by Gasteiger charge is -2.23. The van der Waals surface area contributed by atoms with Crippen molar-refractivity contribution in [3.8, 4) is 0 Å². The smallest absolute Gasteiger partial charge is 0.407 e. The largest absolute Gasteiger partial charge is 0.444 e. The molecule has 21 heavy (non-hydrogen) atoms. The molecule has 1 heterocycles.